The Labute approximate surface area is 228 Å². The van der Waals surface area contributed by atoms with Gasteiger partial charge in [-0.1, -0.05) is 89.1 Å². The summed E-state index contributed by atoms with van der Waals surface area (Å²) in [5, 5.41) is 18.7. The normalized spacial score (nSPS) is 11.2. The number of hydrogen-bond acceptors (Lipinski definition) is 5. The van der Waals surface area contributed by atoms with Gasteiger partial charge in [-0.05, 0) is 66.9 Å². The molecule has 0 fully saturated rings. The largest absolute Gasteiger partial charge is 0.508 e. The van der Waals surface area contributed by atoms with E-state index < -0.39 is 0 Å². The lowest BCUT2D eigenvalue weighted by atomic mass is 9.87. The predicted molar refractivity (Wildman–Crippen MR) is 158 cm³/mol. The molecule has 3 aromatic carbocycles. The highest BCUT2D eigenvalue weighted by Crippen LogP contribution is 2.31. The summed E-state index contributed by atoms with van der Waals surface area (Å²) in [6.45, 7) is 10.6. The zero-order chi connectivity index (χ0) is 28.5. The zero-order valence-electron chi connectivity index (χ0n) is 23.4. The molecule has 0 aliphatic heterocycles. The van der Waals surface area contributed by atoms with E-state index in [9.17, 15) is 19.8 Å². The smallest absolute Gasteiger partial charge is 0.167 e. The Morgan fingerprint density at radius 2 is 1.34 bits per heavy atom. The van der Waals surface area contributed by atoms with Crippen LogP contribution in [0.15, 0.2) is 72.8 Å². The van der Waals surface area contributed by atoms with E-state index in [2.05, 4.69) is 20.8 Å². The Morgan fingerprint density at radius 1 is 0.868 bits per heavy atom. The third-order valence-corrected chi connectivity index (χ3v) is 5.53. The van der Waals surface area contributed by atoms with Crippen LogP contribution in [0.2, 0.25) is 0 Å². The molecule has 0 aromatic heterocycles. The monoisotopic (exact) mass is 517 g/mol. The van der Waals surface area contributed by atoms with Gasteiger partial charge in [-0.15, -0.1) is 0 Å². The van der Waals surface area contributed by atoms with Gasteiger partial charge in [0, 0.05) is 23.5 Å². The van der Waals surface area contributed by atoms with Crippen LogP contribution in [0.4, 0.5) is 0 Å². The summed E-state index contributed by atoms with van der Waals surface area (Å²) in [6.07, 6.45) is 7.59. The highest BCUT2D eigenvalue weighted by atomic mass is 16.3. The van der Waals surface area contributed by atoms with E-state index >= 15 is 0 Å². The van der Waals surface area contributed by atoms with Crippen molar-refractivity contribution in [1.29, 1.82) is 0 Å². The number of aromatic hydroxyl groups is 2. The molecule has 5 nitrogen and oxygen atoms in total. The average Bonchev–Trinajstić information content (AvgIpc) is 2.90. The van der Waals surface area contributed by atoms with E-state index in [0.29, 0.717) is 35.0 Å². The maximum absolute atomic E-state index is 11.5. The second-order valence-electron chi connectivity index (χ2n) is 9.03. The Morgan fingerprint density at radius 3 is 1.76 bits per heavy atom. The number of rotatable bonds is 5. The van der Waals surface area contributed by atoms with Crippen LogP contribution < -0.4 is 5.73 Å². The SMILES string of the molecule is CC(=O)c1ccc2c(c1)C(=O)CC=C2.CCC.CCCC(c1ccc(O)cc1)c1ccc(O)cc1.CCN. The molecule has 0 saturated heterocycles. The summed E-state index contributed by atoms with van der Waals surface area (Å²) in [5.41, 5.74) is 9.42. The third kappa shape index (κ3) is 10.7. The quantitative estimate of drug-likeness (QED) is 0.299. The molecular formula is C33H43NO4. The van der Waals surface area contributed by atoms with Crippen LogP contribution in [0.1, 0.15) is 104 Å². The van der Waals surface area contributed by atoms with Crippen molar-refractivity contribution in [1.82, 2.24) is 0 Å². The molecule has 1 aliphatic carbocycles. The summed E-state index contributed by atoms with van der Waals surface area (Å²) in [4.78, 5) is 22.6. The Bertz CT molecular complexity index is 1100. The van der Waals surface area contributed by atoms with Gasteiger partial charge in [0.05, 0.1) is 0 Å². The molecule has 204 valence electrons. The average molecular weight is 518 g/mol. The van der Waals surface area contributed by atoms with Crippen molar-refractivity contribution in [3.05, 3.63) is 101 Å². The molecule has 5 heteroatoms. The molecule has 3 aromatic rings. The number of phenols is 2. The Kier molecular flexibility index (Phi) is 15.1. The van der Waals surface area contributed by atoms with E-state index in [0.717, 1.165) is 24.9 Å². The molecule has 1 aliphatic rings. The second kappa shape index (κ2) is 17.7. The van der Waals surface area contributed by atoms with Gasteiger partial charge in [0.15, 0.2) is 11.6 Å². The molecule has 0 amide bonds. The first-order chi connectivity index (χ1) is 18.2. The van der Waals surface area contributed by atoms with Crippen LogP contribution in [-0.4, -0.2) is 28.3 Å². The van der Waals surface area contributed by atoms with E-state index in [1.54, 1.807) is 36.4 Å². The first kappa shape index (κ1) is 32.3. The van der Waals surface area contributed by atoms with Crippen LogP contribution in [0, 0.1) is 0 Å². The molecule has 0 spiro atoms. The van der Waals surface area contributed by atoms with Crippen molar-refractivity contribution in [3.63, 3.8) is 0 Å². The summed E-state index contributed by atoms with van der Waals surface area (Å²) in [5.74, 6) is 0.983. The summed E-state index contributed by atoms with van der Waals surface area (Å²) >= 11 is 0. The third-order valence-electron chi connectivity index (χ3n) is 5.53. The number of carbonyl (C=O) groups excluding carboxylic acids is 2. The minimum Gasteiger partial charge on any atom is -0.508 e. The van der Waals surface area contributed by atoms with Gasteiger partial charge < -0.3 is 15.9 Å². The topological polar surface area (TPSA) is 101 Å². The standard InChI is InChI=1S/C16H18O2.C12H10O2.C3H8.C2H7N/c1-2-3-16(12-4-8-14(17)9-5-12)13-6-10-15(18)11-7-13;1-8(13)10-6-5-9-3-2-4-12(14)11(9)7-10;1-3-2;1-2-3/h4-11,16-18H,2-3H2,1H3;2-3,5-7H,4H2,1H3;3H2,1-2H3;2-3H2,1H3. The maximum atomic E-state index is 11.5. The minimum atomic E-state index is -0.00449. The van der Waals surface area contributed by atoms with Crippen molar-refractivity contribution < 1.29 is 19.8 Å². The van der Waals surface area contributed by atoms with Gasteiger partial charge in [-0.25, -0.2) is 0 Å². The molecule has 0 atom stereocenters. The number of fused-ring (bicyclic) bond motifs is 1. The number of Topliss-reactive ketones (excluding diaryl/α,β-unsaturated/α-hetero) is 2. The fourth-order valence-corrected chi connectivity index (χ4v) is 3.79. The predicted octanol–water partition coefficient (Wildman–Crippen LogP) is 7.90. The first-order valence-electron chi connectivity index (χ1n) is 13.3. The fraction of sp³-hybridized carbons (Fsp3) is 0.333. The minimum absolute atomic E-state index is 0.00449. The number of nitrogens with two attached hydrogens (primary N) is 1. The van der Waals surface area contributed by atoms with E-state index in [-0.39, 0.29) is 11.6 Å². The Balaban J connectivity index is 0.000000321. The number of allylic oxidation sites excluding steroid dienone is 1. The lowest BCUT2D eigenvalue weighted by Gasteiger charge is -2.17. The van der Waals surface area contributed by atoms with E-state index in [1.165, 1.54) is 24.5 Å². The molecular weight excluding hydrogens is 474 g/mol. The molecule has 4 rings (SSSR count). The van der Waals surface area contributed by atoms with Crippen LogP contribution in [0.3, 0.4) is 0 Å². The second-order valence-corrected chi connectivity index (χ2v) is 9.03. The highest BCUT2D eigenvalue weighted by Gasteiger charge is 2.14. The van der Waals surface area contributed by atoms with Gasteiger partial charge >= 0.3 is 0 Å². The van der Waals surface area contributed by atoms with Gasteiger partial charge in [-0.3, -0.25) is 9.59 Å². The number of carbonyl (C=O) groups is 2. The molecule has 38 heavy (non-hydrogen) atoms. The van der Waals surface area contributed by atoms with Crippen LogP contribution >= 0.6 is 0 Å². The summed E-state index contributed by atoms with van der Waals surface area (Å²) in [7, 11) is 0. The lowest BCUT2D eigenvalue weighted by Crippen LogP contribution is -2.06. The molecule has 0 bridgehead atoms. The van der Waals surface area contributed by atoms with Crippen molar-refractivity contribution in [2.24, 2.45) is 5.73 Å². The first-order valence-corrected chi connectivity index (χ1v) is 13.3. The number of hydrogen-bond donors (Lipinski definition) is 3. The lowest BCUT2D eigenvalue weighted by molar-refractivity contribution is 0.0994. The van der Waals surface area contributed by atoms with Crippen molar-refractivity contribution in [2.75, 3.05) is 6.54 Å². The Hall–Kier alpha value is -3.70. The molecule has 0 heterocycles. The van der Waals surface area contributed by atoms with Crippen LogP contribution in [-0.2, 0) is 0 Å². The van der Waals surface area contributed by atoms with E-state index in [4.69, 9.17) is 5.73 Å². The van der Waals surface area contributed by atoms with Crippen LogP contribution in [0.5, 0.6) is 11.5 Å². The van der Waals surface area contributed by atoms with Gasteiger partial charge in [0.2, 0.25) is 0 Å². The number of ketones is 2. The van der Waals surface area contributed by atoms with E-state index in [1.807, 2.05) is 49.4 Å². The fourth-order valence-electron chi connectivity index (χ4n) is 3.79. The maximum Gasteiger partial charge on any atom is 0.167 e. The zero-order valence-corrected chi connectivity index (χ0v) is 23.4. The number of benzene rings is 3. The molecule has 0 unspecified atom stereocenters. The van der Waals surface area contributed by atoms with Gasteiger partial charge in [0.1, 0.15) is 11.5 Å². The highest BCUT2D eigenvalue weighted by molar-refractivity contribution is 6.05. The number of phenolic OH excluding ortho intramolecular Hbond substituents is 2. The van der Waals surface area contributed by atoms with Gasteiger partial charge in [-0.2, -0.15) is 0 Å². The summed E-state index contributed by atoms with van der Waals surface area (Å²) in [6, 6.07) is 20.0. The van der Waals surface area contributed by atoms with Gasteiger partial charge in [0.25, 0.3) is 0 Å². The van der Waals surface area contributed by atoms with Crippen molar-refractivity contribution in [2.45, 2.75) is 66.2 Å². The molecule has 4 N–H and O–H groups in total. The molecule has 0 radical (unpaired) electrons. The molecule has 0 saturated carbocycles. The van der Waals surface area contributed by atoms with Crippen molar-refractivity contribution >= 4 is 17.6 Å². The van der Waals surface area contributed by atoms with Crippen LogP contribution in [0.25, 0.3) is 6.08 Å². The summed E-state index contributed by atoms with van der Waals surface area (Å²) < 4.78 is 0. The van der Waals surface area contributed by atoms with Crippen molar-refractivity contribution in [3.8, 4) is 11.5 Å².